The molecule has 4 aliphatic carbocycles. The van der Waals surface area contributed by atoms with E-state index in [1.54, 1.807) is 0 Å². The summed E-state index contributed by atoms with van der Waals surface area (Å²) in [7, 11) is -6.03. The third kappa shape index (κ3) is 6.94. The Balaban J connectivity index is 1.05. The van der Waals surface area contributed by atoms with Crippen LogP contribution in [0.4, 0.5) is 26.3 Å². The summed E-state index contributed by atoms with van der Waals surface area (Å²) in [5.41, 5.74) is -2.37. The molecule has 11 nitrogen and oxygen atoms in total. The van der Waals surface area contributed by atoms with Crippen LogP contribution in [0.2, 0.25) is 0 Å². The first-order valence-electron chi connectivity index (χ1n) is 16.4. The second-order valence-electron chi connectivity index (χ2n) is 14.6. The molecule has 2 saturated heterocycles. The van der Waals surface area contributed by atoms with Gasteiger partial charge in [0.2, 0.25) is 0 Å². The van der Waals surface area contributed by atoms with Gasteiger partial charge in [0.15, 0.2) is 12.6 Å². The molecule has 2 heterocycles. The summed E-state index contributed by atoms with van der Waals surface area (Å²) in [5.74, 6) is -12.6. The molecule has 0 spiro atoms. The first-order valence-corrected chi connectivity index (χ1v) is 17.8. The van der Waals surface area contributed by atoms with Crippen LogP contribution < -0.4 is 0 Å². The van der Waals surface area contributed by atoms with Gasteiger partial charge in [0, 0.05) is 11.8 Å². The number of rotatable bonds is 8. The molecule has 0 radical (unpaired) electrons. The van der Waals surface area contributed by atoms with Crippen LogP contribution in [-0.2, 0) is 48.1 Å². The summed E-state index contributed by atoms with van der Waals surface area (Å²) in [6.07, 6.45) is 2.64. The molecular formula is C30H40F6O11S. The lowest BCUT2D eigenvalue weighted by molar-refractivity contribution is -0.222. The molecule has 6 rings (SSSR count). The van der Waals surface area contributed by atoms with Crippen molar-refractivity contribution < 1.29 is 77.3 Å². The fraction of sp³-hybridized carbons (Fsp3) is 0.933. The highest BCUT2D eigenvalue weighted by molar-refractivity contribution is 7.87. The Morgan fingerprint density at radius 3 is 2.08 bits per heavy atom. The highest BCUT2D eigenvalue weighted by Crippen LogP contribution is 2.54. The van der Waals surface area contributed by atoms with Crippen molar-refractivity contribution in [2.75, 3.05) is 26.4 Å². The van der Waals surface area contributed by atoms with Gasteiger partial charge in [-0.3, -0.25) is 9.35 Å². The molecule has 4 saturated carbocycles. The molecule has 4 bridgehead atoms. The molecule has 0 amide bonds. The molecule has 8 unspecified atom stereocenters. The molecular weight excluding hydrogens is 682 g/mol. The molecule has 274 valence electrons. The number of ether oxygens (including phenoxy) is 6. The van der Waals surface area contributed by atoms with Crippen LogP contribution in [-0.4, -0.2) is 92.7 Å². The van der Waals surface area contributed by atoms with Crippen LogP contribution in [0.15, 0.2) is 0 Å². The molecule has 6 fully saturated rings. The summed E-state index contributed by atoms with van der Waals surface area (Å²) in [6.45, 7) is -3.13. The van der Waals surface area contributed by atoms with Gasteiger partial charge in [-0.15, -0.1) is 0 Å². The maximum absolute atomic E-state index is 14.0. The van der Waals surface area contributed by atoms with Crippen LogP contribution in [0.3, 0.4) is 0 Å². The van der Waals surface area contributed by atoms with Gasteiger partial charge < -0.3 is 28.4 Å². The highest BCUT2D eigenvalue weighted by atomic mass is 32.2. The molecule has 48 heavy (non-hydrogen) atoms. The molecule has 0 aromatic rings. The third-order valence-electron chi connectivity index (χ3n) is 11.1. The fourth-order valence-electron chi connectivity index (χ4n) is 8.92. The molecule has 18 heteroatoms. The molecule has 8 atom stereocenters. The zero-order valence-electron chi connectivity index (χ0n) is 26.1. The van der Waals surface area contributed by atoms with E-state index in [0.717, 1.165) is 19.3 Å². The maximum atomic E-state index is 14.0. The second-order valence-corrected chi connectivity index (χ2v) is 16.1. The Morgan fingerprint density at radius 2 is 1.44 bits per heavy atom. The van der Waals surface area contributed by atoms with E-state index in [1.165, 1.54) is 0 Å². The summed E-state index contributed by atoms with van der Waals surface area (Å²) < 4.78 is 148. The van der Waals surface area contributed by atoms with Gasteiger partial charge in [-0.25, -0.2) is 4.79 Å². The van der Waals surface area contributed by atoms with Crippen LogP contribution in [0.25, 0.3) is 0 Å². The minimum atomic E-state index is -6.03. The average molecular weight is 723 g/mol. The first-order chi connectivity index (χ1) is 22.3. The van der Waals surface area contributed by atoms with Crippen molar-refractivity contribution in [1.82, 2.24) is 0 Å². The number of carbonyl (C=O) groups excluding carboxylic acids is 2. The number of fused-ring (bicyclic) bond motifs is 4. The van der Waals surface area contributed by atoms with Gasteiger partial charge in [-0.2, -0.15) is 34.8 Å². The van der Waals surface area contributed by atoms with Gasteiger partial charge in [0.05, 0.1) is 12.0 Å². The van der Waals surface area contributed by atoms with Gasteiger partial charge in [-0.05, 0) is 69.6 Å². The zero-order valence-corrected chi connectivity index (χ0v) is 26.9. The van der Waals surface area contributed by atoms with Crippen molar-refractivity contribution in [3.63, 3.8) is 0 Å². The SMILES string of the molecule is O=C(OCC1COC(C2CC3CCCC(OC(=O)C(F)(F)S(=O)(=O)O)(C3)C2)O1)C12CCCC(CC(C3OCC(F)(F)C(F)(F)CO3)C1)C2. The monoisotopic (exact) mass is 722 g/mol. The minimum absolute atomic E-state index is 0.0292. The van der Waals surface area contributed by atoms with Crippen LogP contribution in [0, 0.1) is 29.1 Å². The Bertz CT molecular complexity index is 1330. The third-order valence-corrected chi connectivity index (χ3v) is 11.9. The lowest BCUT2D eigenvalue weighted by Crippen LogP contribution is -2.51. The topological polar surface area (TPSA) is 144 Å². The van der Waals surface area contributed by atoms with Crippen molar-refractivity contribution in [2.24, 2.45) is 29.1 Å². The maximum Gasteiger partial charge on any atom is 0.465 e. The van der Waals surface area contributed by atoms with Crippen molar-refractivity contribution >= 4 is 22.1 Å². The van der Waals surface area contributed by atoms with Crippen molar-refractivity contribution in [2.45, 2.75) is 118 Å². The summed E-state index contributed by atoms with van der Waals surface area (Å²) in [4.78, 5) is 25.8. The molecule has 0 aromatic heterocycles. The molecule has 0 aromatic carbocycles. The van der Waals surface area contributed by atoms with Gasteiger partial charge in [-0.1, -0.05) is 19.3 Å². The summed E-state index contributed by atoms with van der Waals surface area (Å²) in [6, 6.07) is 0. The predicted molar refractivity (Wildman–Crippen MR) is 148 cm³/mol. The second kappa shape index (κ2) is 12.8. The van der Waals surface area contributed by atoms with E-state index < -0.39 is 93.9 Å². The van der Waals surface area contributed by atoms with Gasteiger partial charge >= 0.3 is 39.2 Å². The summed E-state index contributed by atoms with van der Waals surface area (Å²) >= 11 is 0. The quantitative estimate of drug-likeness (QED) is 0.208. The predicted octanol–water partition coefficient (Wildman–Crippen LogP) is 4.86. The molecule has 1 N–H and O–H groups in total. The number of hydrogen-bond acceptors (Lipinski definition) is 10. The van der Waals surface area contributed by atoms with Crippen molar-refractivity contribution in [1.29, 1.82) is 0 Å². The first kappa shape index (κ1) is 36.1. The van der Waals surface area contributed by atoms with Gasteiger partial charge in [0.1, 0.15) is 31.5 Å². The van der Waals surface area contributed by atoms with E-state index in [4.69, 9.17) is 33.0 Å². The zero-order chi connectivity index (χ0) is 34.8. The summed E-state index contributed by atoms with van der Waals surface area (Å²) in [5, 5.41) is -5.12. The van der Waals surface area contributed by atoms with E-state index in [9.17, 15) is 44.3 Å². The minimum Gasteiger partial charge on any atom is -0.462 e. The van der Waals surface area contributed by atoms with E-state index in [0.29, 0.717) is 32.1 Å². The number of alkyl halides is 6. The number of hydrogen-bond donors (Lipinski definition) is 1. The fourth-order valence-corrected chi connectivity index (χ4v) is 9.17. The molecule has 2 aliphatic heterocycles. The highest BCUT2D eigenvalue weighted by Gasteiger charge is 2.61. The standard InChI is InChI=1S/C30H40F6O11S/c31-28(32)15-44-22(45-16-29(28,33)34)19-7-17-3-1-5-26(9-17,11-19)24(37)43-14-21-13-42-23(46-21)20-8-18-4-2-6-27(10-18,12-20)47-25(38)30(35,36)48(39,40)41/h17-23H,1-16H2,(H,39,40,41). The van der Waals surface area contributed by atoms with Crippen LogP contribution in [0.1, 0.15) is 77.0 Å². The van der Waals surface area contributed by atoms with Crippen LogP contribution >= 0.6 is 0 Å². The Kier molecular flexibility index (Phi) is 9.62. The van der Waals surface area contributed by atoms with Crippen molar-refractivity contribution in [3.05, 3.63) is 0 Å². The Morgan fingerprint density at radius 1 is 0.833 bits per heavy atom. The van der Waals surface area contributed by atoms with Gasteiger partial charge in [0.25, 0.3) is 0 Å². The van der Waals surface area contributed by atoms with Crippen LogP contribution in [0.5, 0.6) is 0 Å². The van der Waals surface area contributed by atoms with E-state index in [1.807, 2.05) is 0 Å². The number of carbonyl (C=O) groups is 2. The van der Waals surface area contributed by atoms with Crippen molar-refractivity contribution in [3.8, 4) is 0 Å². The Hall–Kier alpha value is -1.73. The van der Waals surface area contributed by atoms with E-state index in [-0.39, 0.29) is 50.7 Å². The average Bonchev–Trinajstić information content (AvgIpc) is 3.44. The van der Waals surface area contributed by atoms with E-state index in [2.05, 4.69) is 0 Å². The lowest BCUT2D eigenvalue weighted by atomic mass is 9.58. The normalized spacial score (nSPS) is 40.1. The molecule has 6 aliphatic rings. The lowest BCUT2D eigenvalue weighted by Gasteiger charge is -2.48. The Labute approximate surface area is 273 Å². The number of esters is 2. The number of halogens is 6. The largest absolute Gasteiger partial charge is 0.465 e. The smallest absolute Gasteiger partial charge is 0.462 e. The van der Waals surface area contributed by atoms with E-state index >= 15 is 0 Å².